The number of aryl methyl sites for hydroxylation is 1. The average molecular weight is 428 g/mol. The monoisotopic (exact) mass is 427 g/mol. The standard InChI is InChI=1S/C24H30ClN3O2/c1-18-6-4-7-21(16-18)24(30)28-13-5-12-27(14-15-28)17-23(29)26(3)19(2)20-8-10-22(25)11-9-20/h4,6-11,16,19H,5,12-15,17H2,1-3H3. The zero-order valence-electron chi connectivity index (χ0n) is 18.0. The average Bonchev–Trinajstić information content (AvgIpc) is 2.98. The van der Waals surface area contributed by atoms with Gasteiger partial charge in [-0.3, -0.25) is 14.5 Å². The minimum atomic E-state index is -0.0267. The van der Waals surface area contributed by atoms with E-state index in [1.165, 1.54) is 0 Å². The summed E-state index contributed by atoms with van der Waals surface area (Å²) in [5, 5.41) is 0.689. The lowest BCUT2D eigenvalue weighted by Gasteiger charge is -2.28. The van der Waals surface area contributed by atoms with Crippen molar-refractivity contribution in [3.05, 3.63) is 70.2 Å². The smallest absolute Gasteiger partial charge is 0.253 e. The van der Waals surface area contributed by atoms with Crippen LogP contribution in [0.5, 0.6) is 0 Å². The number of hydrogen-bond donors (Lipinski definition) is 0. The van der Waals surface area contributed by atoms with Gasteiger partial charge in [0.05, 0.1) is 12.6 Å². The number of hydrogen-bond acceptors (Lipinski definition) is 3. The first kappa shape index (κ1) is 22.3. The summed E-state index contributed by atoms with van der Waals surface area (Å²) in [6.07, 6.45) is 0.862. The second-order valence-electron chi connectivity index (χ2n) is 8.02. The zero-order valence-corrected chi connectivity index (χ0v) is 18.7. The van der Waals surface area contributed by atoms with Gasteiger partial charge in [-0.2, -0.15) is 0 Å². The highest BCUT2D eigenvalue weighted by molar-refractivity contribution is 6.30. The fourth-order valence-corrected chi connectivity index (χ4v) is 3.90. The zero-order chi connectivity index (χ0) is 21.7. The molecule has 0 spiro atoms. The maximum absolute atomic E-state index is 12.9. The van der Waals surface area contributed by atoms with Crippen molar-refractivity contribution in [2.45, 2.75) is 26.3 Å². The molecule has 1 aliphatic rings. The van der Waals surface area contributed by atoms with E-state index in [1.807, 2.05) is 74.3 Å². The highest BCUT2D eigenvalue weighted by atomic mass is 35.5. The van der Waals surface area contributed by atoms with Crippen molar-refractivity contribution in [1.82, 2.24) is 14.7 Å². The fourth-order valence-electron chi connectivity index (χ4n) is 3.78. The third-order valence-corrected chi connectivity index (χ3v) is 6.08. The molecule has 1 aliphatic heterocycles. The molecule has 0 aliphatic carbocycles. The van der Waals surface area contributed by atoms with Crippen molar-refractivity contribution in [1.29, 1.82) is 0 Å². The number of amides is 2. The first-order chi connectivity index (χ1) is 14.3. The first-order valence-electron chi connectivity index (χ1n) is 10.4. The number of benzene rings is 2. The second kappa shape index (κ2) is 10.1. The highest BCUT2D eigenvalue weighted by Crippen LogP contribution is 2.21. The number of likely N-dealkylation sites (N-methyl/N-ethyl adjacent to an activating group) is 1. The molecule has 30 heavy (non-hydrogen) atoms. The van der Waals surface area contributed by atoms with E-state index in [0.717, 1.165) is 29.7 Å². The molecule has 0 N–H and O–H groups in total. The largest absolute Gasteiger partial charge is 0.338 e. The van der Waals surface area contributed by atoms with Crippen LogP contribution in [-0.2, 0) is 4.79 Å². The molecule has 5 nitrogen and oxygen atoms in total. The lowest BCUT2D eigenvalue weighted by atomic mass is 10.1. The Bertz CT molecular complexity index is 884. The molecule has 2 aromatic rings. The van der Waals surface area contributed by atoms with Gasteiger partial charge in [0, 0.05) is 43.8 Å². The van der Waals surface area contributed by atoms with Crippen molar-refractivity contribution in [3.63, 3.8) is 0 Å². The SMILES string of the molecule is Cc1cccc(C(=O)N2CCCN(CC(=O)N(C)C(C)c3ccc(Cl)cc3)CC2)c1. The van der Waals surface area contributed by atoms with Crippen LogP contribution in [-0.4, -0.2) is 66.3 Å². The molecule has 0 aromatic heterocycles. The van der Waals surface area contributed by atoms with E-state index >= 15 is 0 Å². The minimum Gasteiger partial charge on any atom is -0.338 e. The molecule has 0 radical (unpaired) electrons. The van der Waals surface area contributed by atoms with Crippen LogP contribution in [0.3, 0.4) is 0 Å². The summed E-state index contributed by atoms with van der Waals surface area (Å²) in [5.74, 6) is 0.149. The Hall–Kier alpha value is -2.37. The third kappa shape index (κ3) is 5.61. The van der Waals surface area contributed by atoms with E-state index in [9.17, 15) is 9.59 Å². The van der Waals surface area contributed by atoms with Crippen molar-refractivity contribution in [2.24, 2.45) is 0 Å². The first-order valence-corrected chi connectivity index (χ1v) is 10.8. The molecular weight excluding hydrogens is 398 g/mol. The van der Waals surface area contributed by atoms with Crippen molar-refractivity contribution in [2.75, 3.05) is 39.8 Å². The van der Waals surface area contributed by atoms with Gasteiger partial charge in [-0.15, -0.1) is 0 Å². The highest BCUT2D eigenvalue weighted by Gasteiger charge is 2.24. The summed E-state index contributed by atoms with van der Waals surface area (Å²) in [7, 11) is 1.84. The van der Waals surface area contributed by atoms with Gasteiger partial charge in [-0.25, -0.2) is 0 Å². The van der Waals surface area contributed by atoms with Crippen molar-refractivity contribution >= 4 is 23.4 Å². The maximum atomic E-state index is 12.9. The molecule has 2 aromatic carbocycles. The maximum Gasteiger partial charge on any atom is 0.253 e. The van der Waals surface area contributed by atoms with Gasteiger partial charge in [0.15, 0.2) is 0 Å². The van der Waals surface area contributed by atoms with Crippen LogP contribution in [0.25, 0.3) is 0 Å². The van der Waals surface area contributed by atoms with Crippen LogP contribution in [0.1, 0.15) is 40.9 Å². The van der Waals surface area contributed by atoms with Gasteiger partial charge in [0.2, 0.25) is 5.91 Å². The van der Waals surface area contributed by atoms with E-state index in [2.05, 4.69) is 4.90 Å². The Morgan fingerprint density at radius 2 is 1.80 bits per heavy atom. The number of halogens is 1. The second-order valence-corrected chi connectivity index (χ2v) is 8.46. The van der Waals surface area contributed by atoms with E-state index in [-0.39, 0.29) is 17.9 Å². The third-order valence-electron chi connectivity index (χ3n) is 5.83. The molecule has 1 atom stereocenters. The minimum absolute atomic E-state index is 0.0267. The Balaban J connectivity index is 1.55. The summed E-state index contributed by atoms with van der Waals surface area (Å²) in [6.45, 7) is 7.24. The van der Waals surface area contributed by atoms with Gasteiger partial charge in [0.1, 0.15) is 0 Å². The van der Waals surface area contributed by atoms with Crippen LogP contribution in [0.4, 0.5) is 0 Å². The van der Waals surface area contributed by atoms with Gasteiger partial charge in [0.25, 0.3) is 5.91 Å². The van der Waals surface area contributed by atoms with Crippen LogP contribution in [0.2, 0.25) is 5.02 Å². The van der Waals surface area contributed by atoms with Gasteiger partial charge in [-0.1, -0.05) is 41.4 Å². The van der Waals surface area contributed by atoms with E-state index < -0.39 is 0 Å². The summed E-state index contributed by atoms with van der Waals surface area (Å²) in [6, 6.07) is 15.3. The molecule has 3 rings (SSSR count). The molecule has 1 heterocycles. The predicted octanol–water partition coefficient (Wildman–Crippen LogP) is 4.02. The molecular formula is C24H30ClN3O2. The van der Waals surface area contributed by atoms with Crippen LogP contribution >= 0.6 is 11.6 Å². The fraction of sp³-hybridized carbons (Fsp3) is 0.417. The Morgan fingerprint density at radius 3 is 2.50 bits per heavy atom. The number of carbonyl (C=O) groups is 2. The molecule has 1 saturated heterocycles. The number of rotatable bonds is 5. The van der Waals surface area contributed by atoms with Crippen molar-refractivity contribution < 1.29 is 9.59 Å². The molecule has 0 saturated carbocycles. The van der Waals surface area contributed by atoms with Crippen molar-refractivity contribution in [3.8, 4) is 0 Å². The van der Waals surface area contributed by atoms with Crippen LogP contribution < -0.4 is 0 Å². The Labute approximate surface area is 184 Å². The molecule has 2 amide bonds. The number of carbonyl (C=O) groups excluding carboxylic acids is 2. The summed E-state index contributed by atoms with van der Waals surface area (Å²) in [5.41, 5.74) is 2.87. The quantitative estimate of drug-likeness (QED) is 0.724. The molecule has 6 heteroatoms. The Kier molecular flexibility index (Phi) is 7.51. The van der Waals surface area contributed by atoms with Crippen LogP contribution in [0, 0.1) is 6.92 Å². The van der Waals surface area contributed by atoms with Gasteiger partial charge in [-0.05, 0) is 50.1 Å². The van der Waals surface area contributed by atoms with Gasteiger partial charge >= 0.3 is 0 Å². The summed E-state index contributed by atoms with van der Waals surface area (Å²) in [4.78, 5) is 31.5. The molecule has 1 unspecified atom stereocenters. The number of nitrogens with zero attached hydrogens (tertiary/aromatic N) is 3. The summed E-state index contributed by atoms with van der Waals surface area (Å²) >= 11 is 5.97. The van der Waals surface area contributed by atoms with Gasteiger partial charge < -0.3 is 9.80 Å². The van der Waals surface area contributed by atoms with E-state index in [1.54, 1.807) is 4.90 Å². The lowest BCUT2D eigenvalue weighted by Crippen LogP contribution is -2.41. The molecule has 0 bridgehead atoms. The Morgan fingerprint density at radius 1 is 1.07 bits per heavy atom. The van der Waals surface area contributed by atoms with E-state index in [4.69, 9.17) is 11.6 Å². The van der Waals surface area contributed by atoms with Crippen LogP contribution in [0.15, 0.2) is 48.5 Å². The summed E-state index contributed by atoms with van der Waals surface area (Å²) < 4.78 is 0. The van der Waals surface area contributed by atoms with E-state index in [0.29, 0.717) is 31.2 Å². The predicted molar refractivity (Wildman–Crippen MR) is 121 cm³/mol. The molecule has 160 valence electrons. The molecule has 1 fully saturated rings. The topological polar surface area (TPSA) is 43.9 Å². The normalized spacial score (nSPS) is 16.1. The lowest BCUT2D eigenvalue weighted by molar-refractivity contribution is -0.133.